The summed E-state index contributed by atoms with van der Waals surface area (Å²) in [5, 5.41) is 8.94. The molecule has 0 aliphatic carbocycles. The average molecular weight is 414 g/mol. The minimum absolute atomic E-state index is 0.232. The van der Waals surface area contributed by atoms with Crippen LogP contribution in [0.1, 0.15) is 13.8 Å². The van der Waals surface area contributed by atoms with Gasteiger partial charge in [-0.3, -0.25) is 4.68 Å². The molecular weight excluding hydrogens is 386 g/mol. The van der Waals surface area contributed by atoms with E-state index >= 15 is 0 Å². The standard InChI is InChI=1S/C25H27N5O/c1-17-15-30(16-18(2)31-17)23-6-4-5-22(13-23)28-25-12-20(9-10-26-25)19-7-8-24-21(11-19)14-27-29(24)3/h4-14,17-18H,15-16H2,1-3H3,(H,26,28)/t17-,18+. The number of fused-ring (bicyclic) bond motifs is 1. The zero-order valence-corrected chi connectivity index (χ0v) is 18.1. The molecule has 4 aromatic rings. The summed E-state index contributed by atoms with van der Waals surface area (Å²) in [7, 11) is 1.96. The Bertz CT molecular complexity index is 1210. The van der Waals surface area contributed by atoms with E-state index in [1.807, 2.05) is 30.2 Å². The summed E-state index contributed by atoms with van der Waals surface area (Å²) in [5.74, 6) is 0.824. The molecule has 1 N–H and O–H groups in total. The first kappa shape index (κ1) is 19.6. The van der Waals surface area contributed by atoms with Crippen molar-refractivity contribution >= 4 is 28.1 Å². The molecule has 2 aromatic heterocycles. The van der Waals surface area contributed by atoms with Crippen LogP contribution in [-0.2, 0) is 11.8 Å². The fraction of sp³-hybridized carbons (Fsp3) is 0.280. The van der Waals surface area contributed by atoms with Crippen molar-refractivity contribution in [1.82, 2.24) is 14.8 Å². The van der Waals surface area contributed by atoms with Gasteiger partial charge in [0.15, 0.2) is 0 Å². The molecule has 1 fully saturated rings. The maximum Gasteiger partial charge on any atom is 0.130 e. The Labute approximate surface area is 182 Å². The maximum atomic E-state index is 5.87. The second kappa shape index (κ2) is 8.04. The number of rotatable bonds is 4. The van der Waals surface area contributed by atoms with Crippen molar-refractivity contribution < 1.29 is 4.74 Å². The van der Waals surface area contributed by atoms with Gasteiger partial charge in [0.05, 0.1) is 23.9 Å². The molecule has 31 heavy (non-hydrogen) atoms. The Morgan fingerprint density at radius 2 is 1.77 bits per heavy atom. The molecule has 1 aliphatic rings. The predicted molar refractivity (Wildman–Crippen MR) is 126 cm³/mol. The van der Waals surface area contributed by atoms with Gasteiger partial charge in [-0.25, -0.2) is 4.98 Å². The molecule has 0 unspecified atom stereocenters. The zero-order valence-electron chi connectivity index (χ0n) is 18.1. The maximum absolute atomic E-state index is 5.87. The summed E-state index contributed by atoms with van der Waals surface area (Å²) in [6.45, 7) is 6.06. The first-order valence-electron chi connectivity index (χ1n) is 10.7. The number of pyridine rings is 1. The lowest BCUT2D eigenvalue weighted by atomic mass is 10.1. The summed E-state index contributed by atoms with van der Waals surface area (Å²) >= 11 is 0. The van der Waals surface area contributed by atoms with Gasteiger partial charge in [0.25, 0.3) is 0 Å². The van der Waals surface area contributed by atoms with Gasteiger partial charge in [-0.15, -0.1) is 0 Å². The molecule has 0 bridgehead atoms. The van der Waals surface area contributed by atoms with Crippen molar-refractivity contribution in [3.8, 4) is 11.1 Å². The minimum Gasteiger partial charge on any atom is -0.372 e. The molecule has 0 saturated carbocycles. The van der Waals surface area contributed by atoms with Crippen LogP contribution in [0.3, 0.4) is 0 Å². The van der Waals surface area contributed by atoms with E-state index < -0.39 is 0 Å². The lowest BCUT2D eigenvalue weighted by Gasteiger charge is -2.37. The van der Waals surface area contributed by atoms with Crippen molar-refractivity contribution in [2.45, 2.75) is 26.1 Å². The number of nitrogens with one attached hydrogen (secondary N) is 1. The monoisotopic (exact) mass is 413 g/mol. The Hall–Kier alpha value is -3.38. The van der Waals surface area contributed by atoms with Gasteiger partial charge in [-0.2, -0.15) is 5.10 Å². The van der Waals surface area contributed by atoms with E-state index in [1.165, 1.54) is 5.69 Å². The lowest BCUT2D eigenvalue weighted by molar-refractivity contribution is -0.00521. The molecule has 3 heterocycles. The van der Waals surface area contributed by atoms with Crippen LogP contribution >= 0.6 is 0 Å². The number of aryl methyl sites for hydroxylation is 1. The Balaban J connectivity index is 1.38. The van der Waals surface area contributed by atoms with Crippen LogP contribution < -0.4 is 10.2 Å². The smallest absolute Gasteiger partial charge is 0.130 e. The highest BCUT2D eigenvalue weighted by Crippen LogP contribution is 2.28. The number of hydrogen-bond acceptors (Lipinski definition) is 5. The number of aromatic nitrogens is 3. The Morgan fingerprint density at radius 3 is 2.61 bits per heavy atom. The Morgan fingerprint density at radius 1 is 0.968 bits per heavy atom. The number of morpholine rings is 1. The van der Waals surface area contributed by atoms with Crippen molar-refractivity contribution in [2.24, 2.45) is 7.05 Å². The summed E-state index contributed by atoms with van der Waals surface area (Å²) in [5.41, 5.74) is 5.62. The number of benzene rings is 2. The van der Waals surface area contributed by atoms with Gasteiger partial charge in [0, 0.05) is 43.1 Å². The largest absolute Gasteiger partial charge is 0.372 e. The molecule has 158 valence electrons. The van der Waals surface area contributed by atoms with Crippen LogP contribution in [-0.4, -0.2) is 40.1 Å². The van der Waals surface area contributed by atoms with E-state index in [4.69, 9.17) is 4.74 Å². The topological polar surface area (TPSA) is 55.2 Å². The second-order valence-electron chi connectivity index (χ2n) is 8.31. The number of nitrogens with zero attached hydrogens (tertiary/aromatic N) is 4. The molecule has 2 aromatic carbocycles. The third-order valence-corrected chi connectivity index (χ3v) is 5.74. The third kappa shape index (κ3) is 4.11. The van der Waals surface area contributed by atoms with Crippen LogP contribution in [0.5, 0.6) is 0 Å². The van der Waals surface area contributed by atoms with Crippen LogP contribution in [0.4, 0.5) is 17.2 Å². The van der Waals surface area contributed by atoms with Crippen LogP contribution in [0.25, 0.3) is 22.0 Å². The van der Waals surface area contributed by atoms with E-state index in [-0.39, 0.29) is 12.2 Å². The molecule has 0 radical (unpaired) electrons. The fourth-order valence-corrected chi connectivity index (χ4v) is 4.34. The number of anilines is 3. The second-order valence-corrected chi connectivity index (χ2v) is 8.31. The van der Waals surface area contributed by atoms with Gasteiger partial charge in [0.1, 0.15) is 5.82 Å². The highest BCUT2D eigenvalue weighted by atomic mass is 16.5. The quantitative estimate of drug-likeness (QED) is 0.511. The highest BCUT2D eigenvalue weighted by Gasteiger charge is 2.22. The molecule has 0 amide bonds. The predicted octanol–water partition coefficient (Wildman–Crippen LogP) is 4.99. The molecule has 6 nitrogen and oxygen atoms in total. The van der Waals surface area contributed by atoms with Crippen LogP contribution in [0.2, 0.25) is 0 Å². The molecule has 5 rings (SSSR count). The van der Waals surface area contributed by atoms with E-state index in [0.29, 0.717) is 0 Å². The summed E-state index contributed by atoms with van der Waals surface area (Å²) in [4.78, 5) is 6.92. The van der Waals surface area contributed by atoms with Gasteiger partial charge in [0.2, 0.25) is 0 Å². The molecule has 1 saturated heterocycles. The van der Waals surface area contributed by atoms with E-state index in [1.54, 1.807) is 0 Å². The van der Waals surface area contributed by atoms with Gasteiger partial charge in [-0.05, 0) is 67.4 Å². The summed E-state index contributed by atoms with van der Waals surface area (Å²) in [6.07, 6.45) is 4.21. The minimum atomic E-state index is 0.232. The normalized spacial score (nSPS) is 19.0. The first-order chi connectivity index (χ1) is 15.0. The Kier molecular flexibility index (Phi) is 5.08. The summed E-state index contributed by atoms with van der Waals surface area (Å²) < 4.78 is 7.76. The zero-order chi connectivity index (χ0) is 21.4. The van der Waals surface area contributed by atoms with Crippen molar-refractivity contribution in [2.75, 3.05) is 23.3 Å². The summed E-state index contributed by atoms with van der Waals surface area (Å²) in [6, 6.07) is 19.0. The first-order valence-corrected chi connectivity index (χ1v) is 10.7. The molecule has 6 heteroatoms. The average Bonchev–Trinajstić information content (AvgIpc) is 3.14. The van der Waals surface area contributed by atoms with Gasteiger partial charge >= 0.3 is 0 Å². The van der Waals surface area contributed by atoms with Crippen LogP contribution in [0, 0.1) is 0 Å². The molecule has 0 spiro atoms. The third-order valence-electron chi connectivity index (χ3n) is 5.74. The number of ether oxygens (including phenoxy) is 1. The van der Waals surface area contributed by atoms with Gasteiger partial charge in [-0.1, -0.05) is 12.1 Å². The van der Waals surface area contributed by atoms with Crippen LogP contribution in [0.15, 0.2) is 67.0 Å². The SMILES string of the molecule is C[C@@H]1CN(c2cccc(Nc3cc(-c4ccc5c(cnn5C)c4)ccn3)c2)C[C@H](C)O1. The van der Waals surface area contributed by atoms with E-state index in [0.717, 1.165) is 46.6 Å². The lowest BCUT2D eigenvalue weighted by Crippen LogP contribution is -2.45. The van der Waals surface area contributed by atoms with Crippen molar-refractivity contribution in [3.05, 3.63) is 67.0 Å². The van der Waals surface area contributed by atoms with E-state index in [9.17, 15) is 0 Å². The molecular formula is C25H27N5O. The fourth-order valence-electron chi connectivity index (χ4n) is 4.34. The van der Waals surface area contributed by atoms with Crippen molar-refractivity contribution in [3.63, 3.8) is 0 Å². The van der Waals surface area contributed by atoms with Crippen molar-refractivity contribution in [1.29, 1.82) is 0 Å². The highest BCUT2D eigenvalue weighted by molar-refractivity contribution is 5.85. The molecule has 1 aliphatic heterocycles. The molecule has 2 atom stereocenters. The van der Waals surface area contributed by atoms with E-state index in [2.05, 4.69) is 82.7 Å². The van der Waals surface area contributed by atoms with Gasteiger partial charge < -0.3 is 15.0 Å². The number of hydrogen-bond donors (Lipinski definition) is 1.